The minimum absolute atomic E-state index is 0.100. The number of anilines is 1. The smallest absolute Gasteiger partial charge is 0.405 e. The predicted molar refractivity (Wildman–Crippen MR) is 105 cm³/mol. The van der Waals surface area contributed by atoms with Crippen molar-refractivity contribution in [1.29, 1.82) is 0 Å². The summed E-state index contributed by atoms with van der Waals surface area (Å²) in [5.74, 6) is -1.42. The normalized spacial score (nSPS) is 12.4. The van der Waals surface area contributed by atoms with E-state index in [4.69, 9.17) is 5.14 Å². The van der Waals surface area contributed by atoms with E-state index in [1.807, 2.05) is 0 Å². The first kappa shape index (κ1) is 25.0. The summed E-state index contributed by atoms with van der Waals surface area (Å²) in [6.07, 6.45) is -9.22. The van der Waals surface area contributed by atoms with Gasteiger partial charge in [0.15, 0.2) is 0 Å². The molecule has 0 atom stereocenters. The molecule has 1 heterocycles. The number of carbonyl (C=O) groups excluding carboxylic acids is 1. The minimum Gasteiger partial charge on any atom is -0.405 e. The number of alkyl halides is 6. The van der Waals surface area contributed by atoms with E-state index in [-0.39, 0.29) is 16.9 Å². The molecule has 3 N–H and O–H groups in total. The van der Waals surface area contributed by atoms with Crippen molar-refractivity contribution in [3.63, 3.8) is 0 Å². The van der Waals surface area contributed by atoms with Crippen molar-refractivity contribution in [2.24, 2.45) is 5.14 Å². The standard InChI is InChI=1S/C19H14F6N4O4S/c20-18(21,22)12-9-27-29(10-12)14-6-5-13(8-16(14)34(26,31)32)28-17(30)7-11-3-1-2-4-15(11)33-19(23,24)25/h1-6,8-10H,7H2,(H,28,30)(H2,26,31,32). The van der Waals surface area contributed by atoms with E-state index in [0.717, 1.165) is 24.3 Å². The number of rotatable bonds is 6. The Bertz CT molecular complexity index is 1320. The molecule has 15 heteroatoms. The number of ether oxygens (including phenoxy) is 1. The van der Waals surface area contributed by atoms with Crippen LogP contribution in [-0.4, -0.2) is 30.5 Å². The second kappa shape index (κ2) is 8.98. The van der Waals surface area contributed by atoms with Gasteiger partial charge >= 0.3 is 12.5 Å². The first-order chi connectivity index (χ1) is 15.6. The van der Waals surface area contributed by atoms with Crippen molar-refractivity contribution in [3.8, 4) is 11.4 Å². The molecule has 1 aromatic heterocycles. The Labute approximate surface area is 188 Å². The third kappa shape index (κ3) is 6.26. The predicted octanol–water partition coefficient (Wildman–Crippen LogP) is 3.62. The van der Waals surface area contributed by atoms with Gasteiger partial charge in [-0.05, 0) is 24.3 Å². The Morgan fingerprint density at radius 2 is 1.76 bits per heavy atom. The number of para-hydroxylation sites is 1. The van der Waals surface area contributed by atoms with Crippen molar-refractivity contribution in [3.05, 3.63) is 66.0 Å². The van der Waals surface area contributed by atoms with Gasteiger partial charge in [-0.2, -0.15) is 18.3 Å². The number of nitrogens with two attached hydrogens (primary N) is 1. The molecule has 3 aromatic rings. The molecule has 1 amide bonds. The Morgan fingerprint density at radius 1 is 1.09 bits per heavy atom. The number of nitrogens with zero attached hydrogens (tertiary/aromatic N) is 2. The lowest BCUT2D eigenvalue weighted by Gasteiger charge is -2.14. The van der Waals surface area contributed by atoms with E-state index in [9.17, 15) is 39.6 Å². The number of nitrogens with one attached hydrogen (secondary N) is 1. The van der Waals surface area contributed by atoms with E-state index in [0.29, 0.717) is 17.1 Å². The van der Waals surface area contributed by atoms with Gasteiger partial charge in [-0.3, -0.25) is 4.79 Å². The molecule has 182 valence electrons. The fraction of sp³-hybridized carbons (Fsp3) is 0.158. The lowest BCUT2D eigenvalue weighted by Crippen LogP contribution is -2.20. The van der Waals surface area contributed by atoms with Crippen LogP contribution in [-0.2, 0) is 27.4 Å². The Morgan fingerprint density at radius 3 is 2.35 bits per heavy atom. The molecule has 2 aromatic carbocycles. The van der Waals surface area contributed by atoms with Gasteiger partial charge in [-0.15, -0.1) is 13.2 Å². The van der Waals surface area contributed by atoms with Crippen LogP contribution in [0.15, 0.2) is 59.8 Å². The highest BCUT2D eigenvalue weighted by Crippen LogP contribution is 2.31. The van der Waals surface area contributed by atoms with Crippen LogP contribution in [0.2, 0.25) is 0 Å². The highest BCUT2D eigenvalue weighted by molar-refractivity contribution is 7.89. The number of aromatic nitrogens is 2. The number of hydrogen-bond acceptors (Lipinski definition) is 5. The van der Waals surface area contributed by atoms with Crippen LogP contribution < -0.4 is 15.2 Å². The molecule has 3 rings (SSSR count). The average Bonchev–Trinajstić information content (AvgIpc) is 3.18. The number of amides is 1. The largest absolute Gasteiger partial charge is 0.573 e. The van der Waals surface area contributed by atoms with E-state index in [1.54, 1.807) is 0 Å². The van der Waals surface area contributed by atoms with Crippen LogP contribution in [0.3, 0.4) is 0 Å². The van der Waals surface area contributed by atoms with Crippen molar-refractivity contribution in [2.45, 2.75) is 23.9 Å². The summed E-state index contributed by atoms with van der Waals surface area (Å²) in [4.78, 5) is 11.7. The zero-order valence-corrected chi connectivity index (χ0v) is 17.5. The molecule has 0 saturated heterocycles. The molecule has 0 unspecified atom stereocenters. The fourth-order valence-corrected chi connectivity index (χ4v) is 3.61. The molecule has 0 saturated carbocycles. The second-order valence-corrected chi connectivity index (χ2v) is 8.31. The van der Waals surface area contributed by atoms with E-state index in [2.05, 4.69) is 15.2 Å². The summed E-state index contributed by atoms with van der Waals surface area (Å²) in [6, 6.07) is 8.02. The summed E-state index contributed by atoms with van der Waals surface area (Å²) in [5, 5.41) is 11.0. The van der Waals surface area contributed by atoms with Crippen LogP contribution in [0.5, 0.6) is 5.75 Å². The summed E-state index contributed by atoms with van der Waals surface area (Å²) in [5.41, 5.74) is -1.68. The molecule has 0 aliphatic heterocycles. The number of halogens is 6. The van der Waals surface area contributed by atoms with Gasteiger partial charge in [-0.25, -0.2) is 18.2 Å². The second-order valence-electron chi connectivity index (χ2n) is 6.78. The first-order valence-electron chi connectivity index (χ1n) is 9.06. The van der Waals surface area contributed by atoms with Crippen molar-refractivity contribution in [1.82, 2.24) is 9.78 Å². The molecule has 34 heavy (non-hydrogen) atoms. The molecular formula is C19H14F6N4O4S. The van der Waals surface area contributed by atoms with Gasteiger partial charge < -0.3 is 10.1 Å². The van der Waals surface area contributed by atoms with Crippen molar-refractivity contribution in [2.75, 3.05) is 5.32 Å². The monoisotopic (exact) mass is 508 g/mol. The van der Waals surface area contributed by atoms with Crippen molar-refractivity contribution >= 4 is 21.6 Å². The number of benzene rings is 2. The van der Waals surface area contributed by atoms with Gasteiger partial charge in [0.2, 0.25) is 15.9 Å². The van der Waals surface area contributed by atoms with Crippen LogP contribution >= 0.6 is 0 Å². The summed E-state index contributed by atoms with van der Waals surface area (Å²) >= 11 is 0. The molecule has 0 fully saturated rings. The van der Waals surface area contributed by atoms with E-state index < -0.39 is 51.1 Å². The SMILES string of the molecule is NS(=O)(=O)c1cc(NC(=O)Cc2ccccc2OC(F)(F)F)ccc1-n1cc(C(F)(F)F)cn1. The van der Waals surface area contributed by atoms with E-state index >= 15 is 0 Å². The zero-order valence-electron chi connectivity index (χ0n) is 16.7. The highest BCUT2D eigenvalue weighted by atomic mass is 32.2. The van der Waals surface area contributed by atoms with Gasteiger partial charge in [-0.1, -0.05) is 18.2 Å². The Kier molecular flexibility index (Phi) is 6.61. The Balaban J connectivity index is 1.87. The topological polar surface area (TPSA) is 116 Å². The van der Waals surface area contributed by atoms with Crippen LogP contribution in [0.1, 0.15) is 11.1 Å². The summed E-state index contributed by atoms with van der Waals surface area (Å²) in [7, 11) is -4.49. The first-order valence-corrected chi connectivity index (χ1v) is 10.6. The maximum atomic E-state index is 12.8. The van der Waals surface area contributed by atoms with Crippen LogP contribution in [0.25, 0.3) is 5.69 Å². The molecular weight excluding hydrogens is 494 g/mol. The Hall–Kier alpha value is -3.59. The minimum atomic E-state index is -4.98. The lowest BCUT2D eigenvalue weighted by molar-refractivity contribution is -0.274. The van der Waals surface area contributed by atoms with Gasteiger partial charge in [0.25, 0.3) is 0 Å². The lowest BCUT2D eigenvalue weighted by atomic mass is 10.1. The van der Waals surface area contributed by atoms with E-state index in [1.165, 1.54) is 18.2 Å². The quantitative estimate of drug-likeness (QED) is 0.494. The zero-order chi connectivity index (χ0) is 25.3. The summed E-state index contributed by atoms with van der Waals surface area (Å²) in [6.45, 7) is 0. The highest BCUT2D eigenvalue weighted by Gasteiger charge is 2.33. The van der Waals surface area contributed by atoms with Gasteiger partial charge in [0.1, 0.15) is 10.6 Å². The molecule has 0 bridgehead atoms. The third-order valence-electron chi connectivity index (χ3n) is 4.26. The molecule has 8 nitrogen and oxygen atoms in total. The van der Waals surface area contributed by atoms with Crippen LogP contribution in [0.4, 0.5) is 32.0 Å². The average molecular weight is 508 g/mol. The maximum absolute atomic E-state index is 12.8. The number of hydrogen-bond donors (Lipinski definition) is 2. The third-order valence-corrected chi connectivity index (χ3v) is 5.20. The van der Waals surface area contributed by atoms with Crippen molar-refractivity contribution < 1.29 is 44.3 Å². The fourth-order valence-electron chi connectivity index (χ4n) is 2.86. The molecule has 0 radical (unpaired) electrons. The molecule has 0 aliphatic rings. The number of primary sulfonamides is 1. The molecule has 0 spiro atoms. The number of carbonyl (C=O) groups is 1. The maximum Gasteiger partial charge on any atom is 0.573 e. The van der Waals surface area contributed by atoms with Crippen LogP contribution in [0, 0.1) is 0 Å². The summed E-state index contributed by atoms with van der Waals surface area (Å²) < 4.78 is 105. The molecule has 0 aliphatic carbocycles. The van der Waals surface area contributed by atoms with Gasteiger partial charge in [0, 0.05) is 17.4 Å². The van der Waals surface area contributed by atoms with Gasteiger partial charge in [0.05, 0.1) is 23.9 Å². The number of sulfonamides is 1.